The van der Waals surface area contributed by atoms with Crippen LogP contribution in [0.15, 0.2) is 12.3 Å². The van der Waals surface area contributed by atoms with Gasteiger partial charge in [-0.3, -0.25) is 0 Å². The highest BCUT2D eigenvalue weighted by Crippen LogP contribution is 2.10. The van der Waals surface area contributed by atoms with Crippen LogP contribution in [0.4, 0.5) is 8.78 Å². The van der Waals surface area contributed by atoms with Gasteiger partial charge < -0.3 is 9.84 Å². The molecule has 1 N–H and O–H groups in total. The molecular weight excluding hydrogens is 281 g/mol. The number of hydrogen-bond donors (Lipinski definition) is 1. The molecule has 5 heteroatoms. The summed E-state index contributed by atoms with van der Waals surface area (Å²) in [6.45, 7) is 0. The van der Waals surface area contributed by atoms with Crippen molar-refractivity contribution in [2.45, 2.75) is 19.1 Å². The van der Waals surface area contributed by atoms with Crippen molar-refractivity contribution in [2.24, 2.45) is 0 Å². The van der Waals surface area contributed by atoms with Crippen LogP contribution in [0, 0.1) is 0 Å². The SMILES string of the molecule is C=ICCC/C=C\OC(O)(F)F. The van der Waals surface area contributed by atoms with Gasteiger partial charge in [0, 0.05) is 0 Å². The summed E-state index contributed by atoms with van der Waals surface area (Å²) in [5.41, 5.74) is 0. The lowest BCUT2D eigenvalue weighted by molar-refractivity contribution is -0.348. The van der Waals surface area contributed by atoms with Crippen molar-refractivity contribution in [2.75, 3.05) is 4.43 Å². The number of allylic oxidation sites excluding steroid dienone is 1. The van der Waals surface area contributed by atoms with E-state index >= 15 is 0 Å². The summed E-state index contributed by atoms with van der Waals surface area (Å²) in [6.07, 6.45) is -0.139. The summed E-state index contributed by atoms with van der Waals surface area (Å²) in [6, 6.07) is 0. The Bertz CT molecular complexity index is 154. The van der Waals surface area contributed by atoms with Gasteiger partial charge in [0.25, 0.3) is 0 Å². The third-order valence-electron chi connectivity index (χ3n) is 0.944. The average Bonchev–Trinajstić information content (AvgIpc) is 1.94. The van der Waals surface area contributed by atoms with Crippen molar-refractivity contribution >= 4 is 25.2 Å². The first kappa shape index (κ1) is 12.0. The van der Waals surface area contributed by atoms with E-state index in [0.717, 1.165) is 17.1 Å². The summed E-state index contributed by atoms with van der Waals surface area (Å²) < 4.78 is 31.6. The Kier molecular flexibility index (Phi) is 6.45. The van der Waals surface area contributed by atoms with Gasteiger partial charge in [-0.25, -0.2) is 0 Å². The van der Waals surface area contributed by atoms with E-state index in [4.69, 9.17) is 5.11 Å². The van der Waals surface area contributed by atoms with E-state index in [1.807, 2.05) is 0 Å². The third-order valence-corrected chi connectivity index (χ3v) is 2.47. The number of halogens is 3. The zero-order valence-electron chi connectivity index (χ0n) is 6.47. The standard InChI is InChI=1S/C7H11F2IO2/c1-10-5-3-2-4-6-12-7(8,9)11/h4,6,11H,1-3,5H2/b6-4-. The molecule has 0 radical (unpaired) electrons. The molecule has 0 bridgehead atoms. The molecule has 0 aliphatic heterocycles. The van der Waals surface area contributed by atoms with Crippen LogP contribution >= 0.6 is 20.7 Å². The monoisotopic (exact) mass is 292 g/mol. The van der Waals surface area contributed by atoms with Gasteiger partial charge in [-0.15, -0.1) is 29.5 Å². The minimum absolute atomic E-state index is 0.0398. The largest absolute Gasteiger partial charge is 0.532 e. The van der Waals surface area contributed by atoms with Gasteiger partial charge >= 0.3 is 6.29 Å². The molecular formula is C7H11F2IO2. The molecule has 0 aliphatic rings. The summed E-state index contributed by atoms with van der Waals surface area (Å²) in [4.78, 5) is 0. The number of alkyl halides is 3. The fraction of sp³-hybridized carbons (Fsp3) is 0.571. The second kappa shape index (κ2) is 6.47. The van der Waals surface area contributed by atoms with Gasteiger partial charge in [0.05, 0.1) is 6.26 Å². The Labute approximate surface area is 80.0 Å². The van der Waals surface area contributed by atoms with Crippen LogP contribution in [0.2, 0.25) is 0 Å². The molecule has 72 valence electrons. The van der Waals surface area contributed by atoms with Gasteiger partial charge in [0.1, 0.15) is 0 Å². The normalized spacial score (nSPS) is 12.2. The Morgan fingerprint density at radius 3 is 2.75 bits per heavy atom. The van der Waals surface area contributed by atoms with Crippen molar-refractivity contribution < 1.29 is 18.6 Å². The second-order valence-corrected chi connectivity index (χ2v) is 4.15. The van der Waals surface area contributed by atoms with Crippen LogP contribution in [0.1, 0.15) is 12.8 Å². The van der Waals surface area contributed by atoms with Crippen molar-refractivity contribution in [3.63, 3.8) is 0 Å². The lowest BCUT2D eigenvalue weighted by Crippen LogP contribution is -2.15. The second-order valence-electron chi connectivity index (χ2n) is 2.00. The predicted molar refractivity (Wildman–Crippen MR) is 52.6 cm³/mol. The number of hydrogen-bond acceptors (Lipinski definition) is 2. The van der Waals surface area contributed by atoms with Gasteiger partial charge in [-0.1, -0.05) is 4.51 Å². The van der Waals surface area contributed by atoms with Gasteiger partial charge in [0.15, 0.2) is 0 Å². The van der Waals surface area contributed by atoms with Gasteiger partial charge in [-0.05, 0) is 23.3 Å². The first-order chi connectivity index (χ1) is 5.56. The van der Waals surface area contributed by atoms with Crippen molar-refractivity contribution in [3.05, 3.63) is 12.3 Å². The lowest BCUT2D eigenvalue weighted by Gasteiger charge is -2.04. The maximum Gasteiger partial charge on any atom is 0.532 e. The molecule has 0 aromatic rings. The average molecular weight is 292 g/mol. The Balaban J connectivity index is 3.31. The highest BCUT2D eigenvalue weighted by atomic mass is 127. The summed E-state index contributed by atoms with van der Waals surface area (Å²) in [5, 5.41) is 7.81. The molecule has 0 aromatic heterocycles. The molecule has 0 aromatic carbocycles. The highest BCUT2D eigenvalue weighted by molar-refractivity contribution is 14.2. The van der Waals surface area contributed by atoms with Crippen LogP contribution in [0.5, 0.6) is 0 Å². The summed E-state index contributed by atoms with van der Waals surface area (Å²) >= 11 is 0.0398. The Hall–Kier alpha value is -0.0400. The first-order valence-corrected chi connectivity index (χ1v) is 6.37. The predicted octanol–water partition coefficient (Wildman–Crippen LogP) is 2.24. The summed E-state index contributed by atoms with van der Waals surface area (Å²) in [5.74, 6) is 0. The minimum Gasteiger partial charge on any atom is -0.418 e. The molecule has 0 rings (SSSR count). The minimum atomic E-state index is -4.05. The quantitative estimate of drug-likeness (QED) is 0.267. The van der Waals surface area contributed by atoms with Crippen LogP contribution in [-0.4, -0.2) is 20.3 Å². The third kappa shape index (κ3) is 9.96. The molecule has 0 saturated heterocycles. The van der Waals surface area contributed by atoms with Gasteiger partial charge in [-0.2, -0.15) is 0 Å². The number of unbranched alkanes of at least 4 members (excludes halogenated alkanes) is 1. The Morgan fingerprint density at radius 1 is 1.58 bits per heavy atom. The molecule has 0 atom stereocenters. The molecule has 0 saturated carbocycles. The highest BCUT2D eigenvalue weighted by Gasteiger charge is 2.24. The topological polar surface area (TPSA) is 29.5 Å². The van der Waals surface area contributed by atoms with Crippen LogP contribution in [0.25, 0.3) is 0 Å². The zero-order valence-corrected chi connectivity index (χ0v) is 8.63. The Morgan fingerprint density at radius 2 is 2.25 bits per heavy atom. The van der Waals surface area contributed by atoms with Crippen molar-refractivity contribution in [3.8, 4) is 0 Å². The zero-order chi connectivity index (χ0) is 9.45. The van der Waals surface area contributed by atoms with E-state index in [0.29, 0.717) is 6.42 Å². The fourth-order valence-corrected chi connectivity index (χ4v) is 1.47. The number of aliphatic hydroxyl groups is 1. The number of rotatable bonds is 6. The van der Waals surface area contributed by atoms with E-state index in [2.05, 4.69) is 9.25 Å². The molecule has 2 nitrogen and oxygen atoms in total. The molecule has 0 fully saturated rings. The molecule has 0 aliphatic carbocycles. The maximum absolute atomic E-state index is 11.6. The van der Waals surface area contributed by atoms with E-state index in [-0.39, 0.29) is 20.7 Å². The van der Waals surface area contributed by atoms with E-state index < -0.39 is 6.29 Å². The van der Waals surface area contributed by atoms with E-state index in [1.165, 1.54) is 6.08 Å². The van der Waals surface area contributed by atoms with Crippen LogP contribution in [0.3, 0.4) is 0 Å². The molecule has 0 unspecified atom stereocenters. The molecule has 0 heterocycles. The van der Waals surface area contributed by atoms with E-state index in [9.17, 15) is 8.78 Å². The van der Waals surface area contributed by atoms with Gasteiger partial charge in [0.2, 0.25) is 0 Å². The smallest absolute Gasteiger partial charge is 0.418 e. The first-order valence-electron chi connectivity index (χ1n) is 3.32. The fourth-order valence-electron chi connectivity index (χ4n) is 0.488. The summed E-state index contributed by atoms with van der Waals surface area (Å²) in [7, 11) is 0. The van der Waals surface area contributed by atoms with Crippen molar-refractivity contribution in [1.29, 1.82) is 0 Å². The van der Waals surface area contributed by atoms with E-state index in [1.54, 1.807) is 0 Å². The van der Waals surface area contributed by atoms with Crippen LogP contribution < -0.4 is 0 Å². The van der Waals surface area contributed by atoms with Crippen LogP contribution in [-0.2, 0) is 4.74 Å². The molecule has 0 amide bonds. The van der Waals surface area contributed by atoms with Crippen molar-refractivity contribution in [1.82, 2.24) is 0 Å². The maximum atomic E-state index is 11.6. The molecule has 0 spiro atoms. The number of ether oxygens (including phenoxy) is 1. The molecule has 12 heavy (non-hydrogen) atoms. The lowest BCUT2D eigenvalue weighted by atomic mass is 10.3.